The highest BCUT2D eigenvalue weighted by Gasteiger charge is 2.19. The molecule has 0 bridgehead atoms. The van der Waals surface area contributed by atoms with Gasteiger partial charge in [-0.2, -0.15) is 0 Å². The van der Waals surface area contributed by atoms with Crippen LogP contribution in [0.2, 0.25) is 0 Å². The Morgan fingerprint density at radius 2 is 1.92 bits per heavy atom. The van der Waals surface area contributed by atoms with E-state index in [2.05, 4.69) is 18.3 Å². The fourth-order valence-electron chi connectivity index (χ4n) is 2.46. The molecule has 6 heteroatoms. The molecule has 5 nitrogen and oxygen atoms in total. The smallest absolute Gasteiger partial charge is 0.277 e. The number of quaternary nitrogens is 1. The van der Waals surface area contributed by atoms with Crippen molar-refractivity contribution in [3.05, 3.63) is 52.2 Å². The quantitative estimate of drug-likeness (QED) is 0.751. The maximum Gasteiger partial charge on any atom is 0.277 e. The van der Waals surface area contributed by atoms with Gasteiger partial charge in [-0.15, -0.1) is 11.3 Å². The van der Waals surface area contributed by atoms with Gasteiger partial charge in [0.05, 0.1) is 18.0 Å². The second-order valence-electron chi connectivity index (χ2n) is 6.20. The molecule has 0 aliphatic heterocycles. The van der Waals surface area contributed by atoms with Crippen LogP contribution in [0.5, 0.6) is 0 Å². The number of thiophene rings is 1. The molecule has 2 amide bonds. The van der Waals surface area contributed by atoms with Crippen molar-refractivity contribution < 1.29 is 14.5 Å². The van der Waals surface area contributed by atoms with E-state index in [1.54, 1.807) is 18.4 Å². The fourth-order valence-corrected chi connectivity index (χ4v) is 3.24. The van der Waals surface area contributed by atoms with Gasteiger partial charge in [0.15, 0.2) is 6.54 Å². The predicted molar refractivity (Wildman–Crippen MR) is 102 cm³/mol. The molecule has 0 radical (unpaired) electrons. The second kappa shape index (κ2) is 9.34. The Morgan fingerprint density at radius 1 is 1.20 bits per heavy atom. The molecule has 0 spiro atoms. The van der Waals surface area contributed by atoms with Gasteiger partial charge in [-0.1, -0.05) is 23.8 Å². The van der Waals surface area contributed by atoms with Crippen LogP contribution in [-0.2, 0) is 16.1 Å². The molecule has 0 saturated heterocycles. The summed E-state index contributed by atoms with van der Waals surface area (Å²) in [6.07, 6.45) is 0. The van der Waals surface area contributed by atoms with Crippen molar-refractivity contribution in [2.24, 2.45) is 0 Å². The molecule has 2 aromatic rings. The molecule has 25 heavy (non-hydrogen) atoms. The number of benzene rings is 1. The summed E-state index contributed by atoms with van der Waals surface area (Å²) in [5.41, 5.74) is 1.88. The van der Waals surface area contributed by atoms with Crippen LogP contribution in [0.1, 0.15) is 17.4 Å². The lowest BCUT2D eigenvalue weighted by Crippen LogP contribution is -3.11. The van der Waals surface area contributed by atoms with Crippen LogP contribution in [0, 0.1) is 6.92 Å². The number of likely N-dealkylation sites (N-methyl/N-ethyl adjacent to an activating group) is 2. The van der Waals surface area contributed by atoms with Crippen LogP contribution in [0.4, 0.5) is 5.69 Å². The van der Waals surface area contributed by atoms with E-state index in [0.29, 0.717) is 6.54 Å². The van der Waals surface area contributed by atoms with E-state index in [0.717, 1.165) is 24.3 Å². The highest BCUT2D eigenvalue weighted by Crippen LogP contribution is 2.08. The van der Waals surface area contributed by atoms with E-state index in [-0.39, 0.29) is 18.4 Å². The van der Waals surface area contributed by atoms with Gasteiger partial charge in [-0.3, -0.25) is 9.59 Å². The van der Waals surface area contributed by atoms with Crippen molar-refractivity contribution in [3.63, 3.8) is 0 Å². The maximum absolute atomic E-state index is 12.4. The molecular formula is C19H26N3O2S+. The van der Waals surface area contributed by atoms with Crippen LogP contribution in [0.3, 0.4) is 0 Å². The molecule has 1 atom stereocenters. The van der Waals surface area contributed by atoms with Crippen molar-refractivity contribution >= 4 is 28.8 Å². The van der Waals surface area contributed by atoms with E-state index < -0.39 is 0 Å². The van der Waals surface area contributed by atoms with Crippen molar-refractivity contribution in [2.45, 2.75) is 20.4 Å². The average molecular weight is 361 g/mol. The summed E-state index contributed by atoms with van der Waals surface area (Å²) in [4.78, 5) is 28.5. The summed E-state index contributed by atoms with van der Waals surface area (Å²) in [6, 6.07) is 11.7. The first-order valence-electron chi connectivity index (χ1n) is 8.44. The Hall–Kier alpha value is -2.18. The van der Waals surface area contributed by atoms with Gasteiger partial charge in [0, 0.05) is 12.7 Å². The number of carbonyl (C=O) groups excluding carboxylic acids is 2. The number of anilines is 1. The van der Waals surface area contributed by atoms with Crippen molar-refractivity contribution in [1.29, 1.82) is 0 Å². The number of hydrogen-bond donors (Lipinski definition) is 2. The number of nitrogens with zero attached hydrogens (tertiary/aromatic N) is 1. The third-order valence-electron chi connectivity index (χ3n) is 4.05. The van der Waals surface area contributed by atoms with Crippen molar-refractivity contribution in [2.75, 3.05) is 32.0 Å². The van der Waals surface area contributed by atoms with Crippen LogP contribution >= 0.6 is 11.3 Å². The summed E-state index contributed by atoms with van der Waals surface area (Å²) in [7, 11) is 1.68. The van der Waals surface area contributed by atoms with E-state index in [1.165, 1.54) is 14.7 Å². The minimum Gasteiger partial charge on any atom is -0.332 e. The first-order valence-corrected chi connectivity index (χ1v) is 9.32. The van der Waals surface area contributed by atoms with Gasteiger partial charge >= 0.3 is 0 Å². The average Bonchev–Trinajstić information content (AvgIpc) is 3.09. The van der Waals surface area contributed by atoms with Crippen LogP contribution in [0.15, 0.2) is 41.8 Å². The molecule has 2 N–H and O–H groups in total. The topological polar surface area (TPSA) is 53.9 Å². The molecule has 0 aliphatic carbocycles. The Morgan fingerprint density at radius 3 is 2.52 bits per heavy atom. The number of nitrogens with one attached hydrogen (secondary N) is 2. The molecule has 1 unspecified atom stereocenters. The lowest BCUT2D eigenvalue weighted by molar-refractivity contribution is -0.904. The van der Waals surface area contributed by atoms with Gasteiger partial charge in [-0.25, -0.2) is 0 Å². The molecule has 0 fully saturated rings. The zero-order valence-corrected chi connectivity index (χ0v) is 15.9. The van der Waals surface area contributed by atoms with Crippen molar-refractivity contribution in [1.82, 2.24) is 4.90 Å². The molecule has 134 valence electrons. The molecule has 2 rings (SSSR count). The molecular weight excluding hydrogens is 334 g/mol. The number of rotatable bonds is 8. The Kier molecular flexibility index (Phi) is 7.16. The van der Waals surface area contributed by atoms with E-state index in [9.17, 15) is 9.59 Å². The van der Waals surface area contributed by atoms with Gasteiger partial charge in [0.2, 0.25) is 5.91 Å². The minimum atomic E-state index is -0.184. The number of aryl methyl sites for hydroxylation is 1. The minimum absolute atomic E-state index is 0.0209. The normalized spacial score (nSPS) is 11.8. The first kappa shape index (κ1) is 19.1. The van der Waals surface area contributed by atoms with Gasteiger partial charge in [-0.05, 0) is 37.4 Å². The number of amides is 2. The Bertz CT molecular complexity index is 683. The molecule has 1 aromatic carbocycles. The molecule has 1 aromatic heterocycles. The van der Waals surface area contributed by atoms with Gasteiger partial charge in [0.25, 0.3) is 5.91 Å². The standard InChI is InChI=1S/C19H25N3O2S/c1-4-22(12-17-6-5-11-25-17)14-19(24)21(3)13-18(23)20-16-9-7-15(2)8-10-16/h5-11H,4,12-14H2,1-3H3,(H,20,23)/p+1. The van der Waals surface area contributed by atoms with Crippen LogP contribution in [0.25, 0.3) is 0 Å². The third-order valence-corrected chi connectivity index (χ3v) is 4.92. The SMILES string of the molecule is CC[NH+](CC(=O)N(C)CC(=O)Nc1ccc(C)cc1)Cc1cccs1. The van der Waals surface area contributed by atoms with Gasteiger partial charge in [0.1, 0.15) is 6.54 Å². The third kappa shape index (κ3) is 6.32. The van der Waals surface area contributed by atoms with E-state index in [1.807, 2.05) is 42.6 Å². The maximum atomic E-state index is 12.4. The molecule has 1 heterocycles. The highest BCUT2D eigenvalue weighted by molar-refractivity contribution is 7.09. The number of carbonyl (C=O) groups is 2. The Balaban J connectivity index is 1.81. The fraction of sp³-hybridized carbons (Fsp3) is 0.368. The lowest BCUT2D eigenvalue weighted by Gasteiger charge is -2.21. The lowest BCUT2D eigenvalue weighted by atomic mass is 10.2. The van der Waals surface area contributed by atoms with Crippen LogP contribution in [-0.4, -0.2) is 43.4 Å². The largest absolute Gasteiger partial charge is 0.332 e. The van der Waals surface area contributed by atoms with E-state index >= 15 is 0 Å². The zero-order valence-electron chi connectivity index (χ0n) is 15.0. The summed E-state index contributed by atoms with van der Waals surface area (Å²) in [6.45, 7) is 6.22. The zero-order chi connectivity index (χ0) is 18.2. The Labute approximate surface area is 153 Å². The van der Waals surface area contributed by atoms with Gasteiger partial charge < -0.3 is 15.1 Å². The number of hydrogen-bond acceptors (Lipinski definition) is 3. The monoisotopic (exact) mass is 360 g/mol. The van der Waals surface area contributed by atoms with E-state index in [4.69, 9.17) is 0 Å². The predicted octanol–water partition coefficient (Wildman–Crippen LogP) is 1.56. The summed E-state index contributed by atoms with van der Waals surface area (Å²) < 4.78 is 0. The molecule has 0 saturated carbocycles. The first-order chi connectivity index (χ1) is 12.0. The summed E-state index contributed by atoms with van der Waals surface area (Å²) >= 11 is 1.71. The second-order valence-corrected chi connectivity index (χ2v) is 7.23. The van der Waals surface area contributed by atoms with Crippen LogP contribution < -0.4 is 10.2 Å². The highest BCUT2D eigenvalue weighted by atomic mass is 32.1. The molecule has 0 aliphatic rings. The van der Waals surface area contributed by atoms with Crippen molar-refractivity contribution in [3.8, 4) is 0 Å². The summed E-state index contributed by atoms with van der Waals surface area (Å²) in [5, 5.41) is 4.87. The summed E-state index contributed by atoms with van der Waals surface area (Å²) in [5.74, 6) is -0.205.